The van der Waals surface area contributed by atoms with Gasteiger partial charge in [-0.05, 0) is 44.2 Å². The van der Waals surface area contributed by atoms with Crippen LogP contribution >= 0.6 is 11.6 Å². The van der Waals surface area contributed by atoms with Crippen LogP contribution in [0.15, 0.2) is 42.5 Å². The maximum atomic E-state index is 13.1. The van der Waals surface area contributed by atoms with Crippen molar-refractivity contribution in [2.24, 2.45) is 0 Å². The average Bonchev–Trinajstić information content (AvgIpc) is 2.52. The molecule has 0 bridgehead atoms. The number of anilines is 2. The Hall–Kier alpha value is -2.27. The Morgan fingerprint density at radius 3 is 2.71 bits per heavy atom. The van der Waals surface area contributed by atoms with E-state index in [1.54, 1.807) is 12.1 Å². The molecule has 0 saturated carbocycles. The summed E-state index contributed by atoms with van der Waals surface area (Å²) in [4.78, 5) is 12.1. The molecule has 2 aromatic carbocycles. The minimum absolute atomic E-state index is 0.0212. The first-order chi connectivity index (χ1) is 11.5. The molecule has 0 aliphatic rings. The second kappa shape index (κ2) is 8.55. The second-order valence-corrected chi connectivity index (χ2v) is 5.92. The number of para-hydroxylation sites is 2. The molecule has 0 atom stereocenters. The Labute approximate surface area is 146 Å². The van der Waals surface area contributed by atoms with Gasteiger partial charge in [-0.15, -0.1) is 0 Å². The van der Waals surface area contributed by atoms with E-state index in [9.17, 15) is 9.18 Å². The Bertz CT molecular complexity index is 707. The van der Waals surface area contributed by atoms with Crippen LogP contribution < -0.4 is 15.4 Å². The first-order valence-electron chi connectivity index (χ1n) is 7.70. The molecule has 0 fully saturated rings. The van der Waals surface area contributed by atoms with E-state index in [1.807, 2.05) is 32.0 Å². The third kappa shape index (κ3) is 5.42. The molecule has 0 aliphatic carbocycles. The number of benzene rings is 2. The number of rotatable bonds is 7. The fraction of sp³-hybridized carbons (Fsp3) is 0.278. The van der Waals surface area contributed by atoms with Crippen LogP contribution in [0.1, 0.15) is 20.3 Å². The highest BCUT2D eigenvalue weighted by Gasteiger charge is 2.09. The molecule has 6 heteroatoms. The van der Waals surface area contributed by atoms with Crippen LogP contribution in [-0.4, -0.2) is 18.6 Å². The standard InChI is InChI=1S/C18H20ClFN2O2/c1-12(2)24-17-6-4-3-5-16(17)22-18(23)9-10-21-13-7-8-15(20)14(19)11-13/h3-8,11-12,21H,9-10H2,1-2H3,(H,22,23). The van der Waals surface area contributed by atoms with Crippen molar-refractivity contribution in [3.63, 3.8) is 0 Å². The molecule has 1 amide bonds. The normalized spacial score (nSPS) is 10.5. The minimum atomic E-state index is -0.471. The molecule has 0 aliphatic heterocycles. The van der Waals surface area contributed by atoms with Crippen LogP contribution in [0.4, 0.5) is 15.8 Å². The quantitative estimate of drug-likeness (QED) is 0.760. The number of nitrogens with one attached hydrogen (secondary N) is 2. The summed E-state index contributed by atoms with van der Waals surface area (Å²) in [5, 5.41) is 5.91. The van der Waals surface area contributed by atoms with Crippen molar-refractivity contribution in [3.05, 3.63) is 53.3 Å². The number of hydrogen-bond donors (Lipinski definition) is 2. The molecule has 0 saturated heterocycles. The van der Waals surface area contributed by atoms with Crippen LogP contribution in [0.2, 0.25) is 5.02 Å². The van der Waals surface area contributed by atoms with E-state index in [-0.39, 0.29) is 23.5 Å². The fourth-order valence-electron chi connectivity index (χ4n) is 2.07. The van der Waals surface area contributed by atoms with Gasteiger partial charge in [-0.3, -0.25) is 4.79 Å². The van der Waals surface area contributed by atoms with Gasteiger partial charge >= 0.3 is 0 Å². The van der Waals surface area contributed by atoms with E-state index >= 15 is 0 Å². The molecule has 0 aromatic heterocycles. The monoisotopic (exact) mass is 350 g/mol. The molecule has 0 unspecified atom stereocenters. The Morgan fingerprint density at radius 2 is 2.00 bits per heavy atom. The van der Waals surface area contributed by atoms with Gasteiger partial charge < -0.3 is 15.4 Å². The highest BCUT2D eigenvalue weighted by molar-refractivity contribution is 6.31. The molecule has 0 spiro atoms. The lowest BCUT2D eigenvalue weighted by molar-refractivity contribution is -0.116. The average molecular weight is 351 g/mol. The maximum absolute atomic E-state index is 13.1. The van der Waals surface area contributed by atoms with Gasteiger partial charge in [-0.2, -0.15) is 0 Å². The summed E-state index contributed by atoms with van der Waals surface area (Å²) < 4.78 is 18.7. The Morgan fingerprint density at radius 1 is 1.25 bits per heavy atom. The number of halogens is 2. The molecule has 24 heavy (non-hydrogen) atoms. The van der Waals surface area contributed by atoms with Gasteiger partial charge in [0.05, 0.1) is 16.8 Å². The number of ether oxygens (including phenoxy) is 1. The van der Waals surface area contributed by atoms with Crippen molar-refractivity contribution < 1.29 is 13.9 Å². The summed E-state index contributed by atoms with van der Waals surface area (Å²) in [5.41, 5.74) is 1.30. The lowest BCUT2D eigenvalue weighted by Gasteiger charge is -2.15. The number of hydrogen-bond acceptors (Lipinski definition) is 3. The zero-order chi connectivity index (χ0) is 17.5. The molecular weight excluding hydrogens is 331 g/mol. The molecule has 2 aromatic rings. The van der Waals surface area contributed by atoms with E-state index in [0.717, 1.165) is 0 Å². The first kappa shape index (κ1) is 18.1. The molecule has 0 radical (unpaired) electrons. The van der Waals surface area contributed by atoms with Gasteiger partial charge in [-0.1, -0.05) is 23.7 Å². The summed E-state index contributed by atoms with van der Waals surface area (Å²) in [6.07, 6.45) is 0.276. The topological polar surface area (TPSA) is 50.4 Å². The van der Waals surface area contributed by atoms with Gasteiger partial charge in [-0.25, -0.2) is 4.39 Å². The highest BCUT2D eigenvalue weighted by Crippen LogP contribution is 2.25. The summed E-state index contributed by atoms with van der Waals surface area (Å²) >= 11 is 5.71. The van der Waals surface area contributed by atoms with Crippen molar-refractivity contribution in [2.75, 3.05) is 17.2 Å². The Balaban J connectivity index is 1.86. The zero-order valence-electron chi connectivity index (χ0n) is 13.6. The lowest BCUT2D eigenvalue weighted by atomic mass is 10.2. The smallest absolute Gasteiger partial charge is 0.226 e. The van der Waals surface area contributed by atoms with E-state index in [1.165, 1.54) is 12.1 Å². The van der Waals surface area contributed by atoms with Crippen LogP contribution in [0.5, 0.6) is 5.75 Å². The van der Waals surface area contributed by atoms with E-state index in [4.69, 9.17) is 16.3 Å². The summed E-state index contributed by atoms with van der Waals surface area (Å²) in [7, 11) is 0. The SMILES string of the molecule is CC(C)Oc1ccccc1NC(=O)CCNc1ccc(F)c(Cl)c1. The molecule has 2 N–H and O–H groups in total. The number of amides is 1. The van der Waals surface area contributed by atoms with Crippen molar-refractivity contribution in [1.29, 1.82) is 0 Å². The largest absolute Gasteiger partial charge is 0.489 e. The van der Waals surface area contributed by atoms with Gasteiger partial charge in [0, 0.05) is 18.7 Å². The van der Waals surface area contributed by atoms with Crippen molar-refractivity contribution >= 4 is 28.9 Å². The van der Waals surface area contributed by atoms with E-state index < -0.39 is 5.82 Å². The number of carbonyl (C=O) groups is 1. The molecule has 4 nitrogen and oxygen atoms in total. The second-order valence-electron chi connectivity index (χ2n) is 5.52. The zero-order valence-corrected chi connectivity index (χ0v) is 14.4. The van der Waals surface area contributed by atoms with E-state index in [2.05, 4.69) is 10.6 Å². The van der Waals surface area contributed by atoms with Gasteiger partial charge in [0.25, 0.3) is 0 Å². The minimum Gasteiger partial charge on any atom is -0.489 e. The third-order valence-corrected chi connectivity index (χ3v) is 3.41. The summed E-state index contributed by atoms with van der Waals surface area (Å²) in [5.74, 6) is 0.0244. The predicted octanol–water partition coefficient (Wildman–Crippen LogP) is 4.71. The molecule has 128 valence electrons. The van der Waals surface area contributed by atoms with E-state index in [0.29, 0.717) is 23.7 Å². The molecule has 2 rings (SSSR count). The summed E-state index contributed by atoms with van der Waals surface area (Å²) in [6.45, 7) is 4.26. The first-order valence-corrected chi connectivity index (χ1v) is 8.08. The predicted molar refractivity (Wildman–Crippen MR) is 95.4 cm³/mol. The van der Waals surface area contributed by atoms with Crippen LogP contribution in [0.25, 0.3) is 0 Å². The van der Waals surface area contributed by atoms with Gasteiger partial charge in [0.15, 0.2) is 0 Å². The fourth-order valence-corrected chi connectivity index (χ4v) is 2.25. The lowest BCUT2D eigenvalue weighted by Crippen LogP contribution is -2.17. The van der Waals surface area contributed by atoms with Crippen molar-refractivity contribution in [3.8, 4) is 5.75 Å². The van der Waals surface area contributed by atoms with Gasteiger partial charge in [0.1, 0.15) is 11.6 Å². The van der Waals surface area contributed by atoms with Crippen LogP contribution in [0, 0.1) is 5.82 Å². The Kier molecular flexibility index (Phi) is 6.44. The van der Waals surface area contributed by atoms with Crippen molar-refractivity contribution in [1.82, 2.24) is 0 Å². The third-order valence-electron chi connectivity index (χ3n) is 3.12. The summed E-state index contributed by atoms with van der Waals surface area (Å²) in [6, 6.07) is 11.6. The van der Waals surface area contributed by atoms with Crippen LogP contribution in [-0.2, 0) is 4.79 Å². The molecule has 0 heterocycles. The maximum Gasteiger partial charge on any atom is 0.226 e. The number of carbonyl (C=O) groups excluding carboxylic acids is 1. The highest BCUT2D eigenvalue weighted by atomic mass is 35.5. The van der Waals surface area contributed by atoms with Gasteiger partial charge in [0.2, 0.25) is 5.91 Å². The van der Waals surface area contributed by atoms with Crippen molar-refractivity contribution in [2.45, 2.75) is 26.4 Å². The molecular formula is C18H20ClFN2O2. The van der Waals surface area contributed by atoms with Crippen LogP contribution in [0.3, 0.4) is 0 Å².